The molecule has 1 aliphatic heterocycles. The summed E-state index contributed by atoms with van der Waals surface area (Å²) in [6.45, 7) is 0. The molecule has 1 aliphatic rings. The van der Waals surface area contributed by atoms with Crippen molar-refractivity contribution in [1.29, 1.82) is 0 Å². The van der Waals surface area contributed by atoms with E-state index in [1.54, 1.807) is 50.6 Å². The molecule has 0 saturated carbocycles. The van der Waals surface area contributed by atoms with E-state index in [2.05, 4.69) is 20.0 Å². The molecule has 1 fully saturated rings. The Balaban J connectivity index is 1.85. The number of thioether (sulfide) groups is 1. The summed E-state index contributed by atoms with van der Waals surface area (Å²) in [6, 6.07) is 14.4. The van der Waals surface area contributed by atoms with Crippen molar-refractivity contribution in [2.24, 2.45) is 15.3 Å². The third kappa shape index (κ3) is 5.82. The first-order valence-corrected chi connectivity index (χ1v) is 10.1. The lowest BCUT2D eigenvalue weighted by molar-refractivity contribution is -0.135. The van der Waals surface area contributed by atoms with Gasteiger partial charge in [-0.15, -0.1) is 5.10 Å². The van der Waals surface area contributed by atoms with Crippen LogP contribution in [0.3, 0.4) is 0 Å². The Hall–Kier alpha value is -3.92. The van der Waals surface area contributed by atoms with Crippen LogP contribution in [0.1, 0.15) is 11.1 Å². The fourth-order valence-electron chi connectivity index (χ4n) is 2.45. The zero-order chi connectivity index (χ0) is 22.9. The van der Waals surface area contributed by atoms with E-state index in [9.17, 15) is 9.59 Å². The van der Waals surface area contributed by atoms with Crippen LogP contribution in [-0.4, -0.2) is 55.8 Å². The number of rotatable bonds is 7. The number of carbonyl (C=O) groups is 2. The molecular formula is C22H20N4O5S. The van der Waals surface area contributed by atoms with Crippen molar-refractivity contribution in [3.63, 3.8) is 0 Å². The second-order valence-electron chi connectivity index (χ2n) is 6.17. The zero-order valence-corrected chi connectivity index (χ0v) is 18.4. The smallest absolute Gasteiger partial charge is 0.331 e. The highest BCUT2D eigenvalue weighted by atomic mass is 32.2. The number of carbonyl (C=O) groups excluding carboxylic acids is 2. The van der Waals surface area contributed by atoms with E-state index in [-0.39, 0.29) is 10.1 Å². The van der Waals surface area contributed by atoms with Gasteiger partial charge < -0.3 is 14.2 Å². The van der Waals surface area contributed by atoms with Crippen molar-refractivity contribution in [2.45, 2.75) is 0 Å². The van der Waals surface area contributed by atoms with Gasteiger partial charge in [0.1, 0.15) is 11.5 Å². The normalized spacial score (nSPS) is 16.5. The molecule has 0 radical (unpaired) electrons. The molecule has 10 heteroatoms. The van der Waals surface area contributed by atoms with Crippen molar-refractivity contribution >= 4 is 41.2 Å². The number of esters is 1. The molecule has 1 amide bonds. The maximum Gasteiger partial charge on any atom is 0.331 e. The third-order valence-electron chi connectivity index (χ3n) is 4.14. The molecule has 9 nitrogen and oxygen atoms in total. The molecule has 0 aliphatic carbocycles. The van der Waals surface area contributed by atoms with Gasteiger partial charge in [-0.1, -0.05) is 0 Å². The van der Waals surface area contributed by atoms with Gasteiger partial charge in [0.05, 0.1) is 38.7 Å². The zero-order valence-electron chi connectivity index (χ0n) is 17.6. The SMILES string of the molecule is COC(=O)/C=C1\S/C(=N\N=C\c2ccc(OC)cc2)N(/N=C/c2ccc(OC)cc2)C1=O. The molecule has 0 atom stereocenters. The fourth-order valence-corrected chi connectivity index (χ4v) is 3.28. The van der Waals surface area contributed by atoms with Gasteiger partial charge in [-0.05, 0) is 71.4 Å². The second-order valence-corrected chi connectivity index (χ2v) is 7.18. The molecule has 32 heavy (non-hydrogen) atoms. The molecule has 2 aromatic carbocycles. The van der Waals surface area contributed by atoms with E-state index in [0.29, 0.717) is 5.75 Å². The van der Waals surface area contributed by atoms with Crippen LogP contribution in [0.5, 0.6) is 11.5 Å². The van der Waals surface area contributed by atoms with Crippen molar-refractivity contribution in [2.75, 3.05) is 21.3 Å². The number of hydrazone groups is 1. The Bertz CT molecular complexity index is 1090. The van der Waals surface area contributed by atoms with Crippen LogP contribution in [0.25, 0.3) is 0 Å². The Labute approximate surface area is 189 Å². The van der Waals surface area contributed by atoms with Gasteiger partial charge in [0.2, 0.25) is 5.17 Å². The van der Waals surface area contributed by atoms with E-state index >= 15 is 0 Å². The largest absolute Gasteiger partial charge is 0.497 e. The predicted molar refractivity (Wildman–Crippen MR) is 123 cm³/mol. The quantitative estimate of drug-likeness (QED) is 0.277. The Morgan fingerprint density at radius 3 is 2.00 bits per heavy atom. The summed E-state index contributed by atoms with van der Waals surface area (Å²) in [5, 5.41) is 13.7. The summed E-state index contributed by atoms with van der Waals surface area (Å²) in [6.07, 6.45) is 4.13. The molecular weight excluding hydrogens is 432 g/mol. The van der Waals surface area contributed by atoms with Gasteiger partial charge in [0, 0.05) is 6.08 Å². The van der Waals surface area contributed by atoms with Crippen LogP contribution < -0.4 is 9.47 Å². The maximum atomic E-state index is 12.7. The minimum absolute atomic E-state index is 0.127. The van der Waals surface area contributed by atoms with Crippen molar-refractivity contribution in [3.05, 3.63) is 70.6 Å². The minimum Gasteiger partial charge on any atom is -0.497 e. The first-order valence-electron chi connectivity index (χ1n) is 9.29. The lowest BCUT2D eigenvalue weighted by Gasteiger charge is -2.07. The lowest BCUT2D eigenvalue weighted by atomic mass is 10.2. The summed E-state index contributed by atoms with van der Waals surface area (Å²) in [4.78, 5) is 24.5. The highest BCUT2D eigenvalue weighted by molar-refractivity contribution is 8.18. The molecule has 1 heterocycles. The summed E-state index contributed by atoms with van der Waals surface area (Å²) in [5.41, 5.74) is 1.54. The van der Waals surface area contributed by atoms with E-state index in [0.717, 1.165) is 39.7 Å². The van der Waals surface area contributed by atoms with Gasteiger partial charge in [-0.2, -0.15) is 15.2 Å². The molecule has 0 unspecified atom stereocenters. The standard InChI is InChI=1S/C22H20N4O5S/c1-29-17-8-4-15(5-9-17)13-23-25-22-26(21(28)19(32-22)12-20(27)31-3)24-14-16-6-10-18(30-2)11-7-16/h4-14H,1-3H3/b19-12-,23-13+,24-14+,25-22-. The van der Waals surface area contributed by atoms with Crippen LogP contribution in [0.15, 0.2) is 74.8 Å². The summed E-state index contributed by atoms with van der Waals surface area (Å²) in [7, 11) is 4.40. The number of ether oxygens (including phenoxy) is 3. The minimum atomic E-state index is -0.650. The van der Waals surface area contributed by atoms with Crippen molar-refractivity contribution < 1.29 is 23.8 Å². The van der Waals surface area contributed by atoms with Gasteiger partial charge in [-0.25, -0.2) is 4.79 Å². The number of amidine groups is 1. The molecule has 2 aromatic rings. The molecule has 0 N–H and O–H groups in total. The Morgan fingerprint density at radius 1 is 0.906 bits per heavy atom. The van der Waals surface area contributed by atoms with Crippen LogP contribution in [0, 0.1) is 0 Å². The van der Waals surface area contributed by atoms with E-state index in [4.69, 9.17) is 9.47 Å². The highest BCUT2D eigenvalue weighted by Gasteiger charge is 2.34. The van der Waals surface area contributed by atoms with Gasteiger partial charge in [0.25, 0.3) is 5.91 Å². The predicted octanol–water partition coefficient (Wildman–Crippen LogP) is 3.06. The van der Waals surface area contributed by atoms with Crippen molar-refractivity contribution in [3.8, 4) is 11.5 Å². The van der Waals surface area contributed by atoms with Crippen LogP contribution >= 0.6 is 11.8 Å². The molecule has 164 valence electrons. The fraction of sp³-hybridized carbons (Fsp3) is 0.136. The topological polar surface area (TPSA) is 102 Å². The van der Waals surface area contributed by atoms with Crippen LogP contribution in [0.2, 0.25) is 0 Å². The molecule has 0 spiro atoms. The monoisotopic (exact) mass is 452 g/mol. The molecule has 3 rings (SSSR count). The second kappa shape index (κ2) is 10.9. The van der Waals surface area contributed by atoms with E-state index in [1.165, 1.54) is 19.5 Å². The van der Waals surface area contributed by atoms with Crippen LogP contribution in [0.4, 0.5) is 0 Å². The average Bonchev–Trinajstić information content (AvgIpc) is 3.12. The first kappa shape index (κ1) is 22.8. The van der Waals surface area contributed by atoms with E-state index < -0.39 is 11.9 Å². The summed E-state index contributed by atoms with van der Waals surface area (Å²) < 4.78 is 14.9. The number of amides is 1. The van der Waals surface area contributed by atoms with Gasteiger partial charge >= 0.3 is 5.97 Å². The van der Waals surface area contributed by atoms with Gasteiger partial charge in [0.15, 0.2) is 0 Å². The Morgan fingerprint density at radius 2 is 1.47 bits per heavy atom. The number of nitrogens with zero attached hydrogens (tertiary/aromatic N) is 4. The maximum absolute atomic E-state index is 12.7. The third-order valence-corrected chi connectivity index (χ3v) is 5.09. The van der Waals surface area contributed by atoms with E-state index in [1.807, 2.05) is 12.1 Å². The average molecular weight is 452 g/mol. The summed E-state index contributed by atoms with van der Waals surface area (Å²) in [5.74, 6) is 0.266. The molecule has 0 aromatic heterocycles. The van der Waals surface area contributed by atoms with Gasteiger partial charge in [-0.3, -0.25) is 4.79 Å². The molecule has 0 bridgehead atoms. The number of methoxy groups -OCH3 is 3. The highest BCUT2D eigenvalue weighted by Crippen LogP contribution is 2.31. The lowest BCUT2D eigenvalue weighted by Crippen LogP contribution is -2.23. The number of benzene rings is 2. The van der Waals surface area contributed by atoms with Crippen LogP contribution in [-0.2, 0) is 14.3 Å². The number of hydrogen-bond donors (Lipinski definition) is 0. The Kier molecular flexibility index (Phi) is 7.76. The number of hydrogen-bond acceptors (Lipinski definition) is 9. The molecule has 1 saturated heterocycles. The van der Waals surface area contributed by atoms with Crippen molar-refractivity contribution in [1.82, 2.24) is 5.01 Å². The summed E-state index contributed by atoms with van der Waals surface area (Å²) >= 11 is 0.972. The first-order chi connectivity index (χ1) is 15.5.